The van der Waals surface area contributed by atoms with Crippen LogP contribution >= 0.6 is 0 Å². The van der Waals surface area contributed by atoms with Crippen molar-refractivity contribution in [3.05, 3.63) is 60.3 Å². The summed E-state index contributed by atoms with van der Waals surface area (Å²) in [4.78, 5) is 18.4. The van der Waals surface area contributed by atoms with Gasteiger partial charge in [0.2, 0.25) is 0 Å². The lowest BCUT2D eigenvalue weighted by Crippen LogP contribution is -2.42. The van der Waals surface area contributed by atoms with Crippen molar-refractivity contribution >= 4 is 28.9 Å². The molecule has 2 N–H and O–H groups in total. The minimum atomic E-state index is -0.0180. The van der Waals surface area contributed by atoms with Gasteiger partial charge in [-0.2, -0.15) is 5.10 Å². The van der Waals surface area contributed by atoms with E-state index in [9.17, 15) is 0 Å². The average Bonchev–Trinajstić information content (AvgIpc) is 2.77. The Kier molecular flexibility index (Phi) is 5.16. The molecule has 1 aliphatic heterocycles. The molecule has 7 heteroatoms. The molecular weight excluding hydrogens is 386 g/mol. The van der Waals surface area contributed by atoms with E-state index in [0.717, 1.165) is 46.5 Å². The van der Waals surface area contributed by atoms with E-state index >= 15 is 0 Å². The second-order valence-electron chi connectivity index (χ2n) is 8.06. The van der Waals surface area contributed by atoms with E-state index in [4.69, 9.17) is 15.7 Å². The first-order valence-corrected chi connectivity index (χ1v) is 10.7. The van der Waals surface area contributed by atoms with Crippen molar-refractivity contribution in [3.63, 3.8) is 0 Å². The zero-order valence-corrected chi connectivity index (χ0v) is 17.5. The predicted octanol–water partition coefficient (Wildman–Crippen LogP) is 4.17. The fraction of sp³-hybridized carbons (Fsp3) is 0.292. The summed E-state index contributed by atoms with van der Waals surface area (Å²) in [7, 11) is 0. The molecule has 31 heavy (non-hydrogen) atoms. The lowest BCUT2D eigenvalue weighted by atomic mass is 9.84. The third-order valence-electron chi connectivity index (χ3n) is 5.91. The first-order valence-electron chi connectivity index (χ1n) is 10.7. The van der Waals surface area contributed by atoms with Crippen LogP contribution in [0.1, 0.15) is 37.8 Å². The summed E-state index contributed by atoms with van der Waals surface area (Å²) in [6, 6.07) is 16.3. The summed E-state index contributed by atoms with van der Waals surface area (Å²) in [5.74, 6) is 2.00. The summed E-state index contributed by atoms with van der Waals surface area (Å²) >= 11 is 0. The van der Waals surface area contributed by atoms with Crippen molar-refractivity contribution in [1.29, 1.82) is 0 Å². The third-order valence-corrected chi connectivity index (χ3v) is 5.91. The zero-order chi connectivity index (χ0) is 21.2. The number of amidine groups is 2. The van der Waals surface area contributed by atoms with Crippen LogP contribution in [-0.4, -0.2) is 39.5 Å². The maximum absolute atomic E-state index is 5.94. The SMILES string of the molecule is CC(N=C(C1CCC1)N1CC(N)=NC=N1)c1ccc2ccc(-c3ccccn3)nc2c1. The van der Waals surface area contributed by atoms with Gasteiger partial charge in [0, 0.05) is 17.5 Å². The lowest BCUT2D eigenvalue weighted by molar-refractivity contribution is 0.355. The molecule has 1 unspecified atom stereocenters. The molecule has 0 amide bonds. The Morgan fingerprint density at radius 3 is 2.74 bits per heavy atom. The Morgan fingerprint density at radius 2 is 2.00 bits per heavy atom. The third kappa shape index (κ3) is 4.03. The molecule has 1 fully saturated rings. The van der Waals surface area contributed by atoms with Crippen molar-refractivity contribution in [2.75, 3.05) is 6.54 Å². The first kappa shape index (κ1) is 19.4. The van der Waals surface area contributed by atoms with Gasteiger partial charge in [0.05, 0.1) is 22.9 Å². The fourth-order valence-corrected chi connectivity index (χ4v) is 3.91. The number of nitrogens with two attached hydrogens (primary N) is 1. The van der Waals surface area contributed by atoms with E-state index in [1.165, 1.54) is 12.8 Å². The van der Waals surface area contributed by atoms with Crippen molar-refractivity contribution in [2.45, 2.75) is 32.2 Å². The maximum atomic E-state index is 5.94. The zero-order valence-electron chi connectivity index (χ0n) is 17.5. The van der Waals surface area contributed by atoms with Crippen LogP contribution in [0.5, 0.6) is 0 Å². The second-order valence-corrected chi connectivity index (χ2v) is 8.06. The molecule has 1 atom stereocenters. The van der Waals surface area contributed by atoms with E-state index in [-0.39, 0.29) is 6.04 Å². The Labute approximate surface area is 181 Å². The van der Waals surface area contributed by atoms with E-state index in [1.807, 2.05) is 29.3 Å². The Hall–Kier alpha value is -3.61. The summed E-state index contributed by atoms with van der Waals surface area (Å²) in [5.41, 5.74) is 9.75. The van der Waals surface area contributed by atoms with E-state index < -0.39 is 0 Å². The van der Waals surface area contributed by atoms with Crippen molar-refractivity contribution in [3.8, 4) is 11.4 Å². The van der Waals surface area contributed by atoms with Crippen LogP contribution in [0, 0.1) is 5.92 Å². The molecular formula is C24H25N7. The fourth-order valence-electron chi connectivity index (χ4n) is 3.91. The quantitative estimate of drug-likeness (QED) is 0.515. The molecule has 0 radical (unpaired) electrons. The van der Waals surface area contributed by atoms with Gasteiger partial charge in [-0.3, -0.25) is 9.98 Å². The number of hydrogen-bond donors (Lipinski definition) is 1. The smallest absolute Gasteiger partial charge is 0.138 e. The standard InChI is InChI=1S/C24H25N7/c1-16(29-24(18-5-4-6-18)31-14-23(25)27-15-28-31)19-9-8-17-10-11-21(30-22(17)13-19)20-7-2-3-12-26-20/h2-3,7-13,15-16,18H,4-6,14H2,1H3,(H2,25,27,28). The number of hydrogen-bond acceptors (Lipinski definition) is 6. The highest BCUT2D eigenvalue weighted by molar-refractivity contribution is 5.96. The molecule has 3 heterocycles. The lowest BCUT2D eigenvalue weighted by Gasteiger charge is -2.33. The summed E-state index contributed by atoms with van der Waals surface area (Å²) < 4.78 is 0. The first-order chi connectivity index (χ1) is 15.2. The van der Waals surface area contributed by atoms with Crippen LogP contribution in [0.4, 0.5) is 0 Å². The molecule has 156 valence electrons. The summed E-state index contributed by atoms with van der Waals surface area (Å²) in [5, 5.41) is 7.42. The van der Waals surface area contributed by atoms with Crippen molar-refractivity contribution in [2.24, 2.45) is 26.7 Å². The summed E-state index contributed by atoms with van der Waals surface area (Å²) in [6.07, 6.45) is 6.81. The van der Waals surface area contributed by atoms with Crippen LogP contribution in [0.2, 0.25) is 0 Å². The maximum Gasteiger partial charge on any atom is 0.138 e. The number of fused-ring (bicyclic) bond motifs is 1. The molecule has 1 saturated carbocycles. The highest BCUT2D eigenvalue weighted by Gasteiger charge is 2.29. The number of aromatic nitrogens is 2. The van der Waals surface area contributed by atoms with Crippen LogP contribution in [0.15, 0.2) is 69.8 Å². The van der Waals surface area contributed by atoms with Gasteiger partial charge < -0.3 is 5.73 Å². The molecule has 1 aliphatic carbocycles. The topological polar surface area (TPSA) is 92.1 Å². The van der Waals surface area contributed by atoms with Crippen LogP contribution in [0.3, 0.4) is 0 Å². The molecule has 3 aromatic rings. The molecule has 2 aliphatic rings. The van der Waals surface area contributed by atoms with E-state index in [2.05, 4.69) is 46.3 Å². The molecule has 2 aromatic heterocycles. The van der Waals surface area contributed by atoms with Gasteiger partial charge in [0.15, 0.2) is 0 Å². The van der Waals surface area contributed by atoms with Crippen LogP contribution in [0.25, 0.3) is 22.3 Å². The number of rotatable bonds is 4. The van der Waals surface area contributed by atoms with Gasteiger partial charge in [-0.05, 0) is 49.6 Å². The highest BCUT2D eigenvalue weighted by Crippen LogP contribution is 2.32. The molecule has 0 saturated heterocycles. The van der Waals surface area contributed by atoms with Gasteiger partial charge in [0.25, 0.3) is 0 Å². The second kappa shape index (κ2) is 8.26. The molecule has 1 aromatic carbocycles. The van der Waals surface area contributed by atoms with Gasteiger partial charge in [-0.25, -0.2) is 15.0 Å². The number of hydrazone groups is 1. The predicted molar refractivity (Wildman–Crippen MR) is 125 cm³/mol. The average molecular weight is 412 g/mol. The summed E-state index contributed by atoms with van der Waals surface area (Å²) in [6.45, 7) is 2.61. The van der Waals surface area contributed by atoms with Crippen LogP contribution < -0.4 is 5.73 Å². The Bertz CT molecular complexity index is 1180. The Morgan fingerprint density at radius 1 is 1.13 bits per heavy atom. The van der Waals surface area contributed by atoms with Crippen LogP contribution in [-0.2, 0) is 0 Å². The minimum Gasteiger partial charge on any atom is -0.386 e. The Balaban J connectivity index is 1.47. The molecule has 7 nitrogen and oxygen atoms in total. The highest BCUT2D eigenvalue weighted by atomic mass is 15.5. The van der Waals surface area contributed by atoms with Crippen molar-refractivity contribution in [1.82, 2.24) is 15.0 Å². The van der Waals surface area contributed by atoms with Crippen molar-refractivity contribution < 1.29 is 0 Å². The normalized spacial score (nSPS) is 18.0. The molecule has 0 spiro atoms. The number of benzene rings is 1. The monoisotopic (exact) mass is 411 g/mol. The number of nitrogens with zero attached hydrogens (tertiary/aromatic N) is 6. The van der Waals surface area contributed by atoms with Gasteiger partial charge in [-0.1, -0.05) is 30.7 Å². The number of pyridine rings is 2. The molecule has 5 rings (SSSR count). The van der Waals surface area contributed by atoms with Gasteiger partial charge in [-0.15, -0.1) is 0 Å². The minimum absolute atomic E-state index is 0.0180. The van der Waals surface area contributed by atoms with E-state index in [0.29, 0.717) is 18.3 Å². The molecule has 0 bridgehead atoms. The largest absolute Gasteiger partial charge is 0.386 e. The van der Waals surface area contributed by atoms with Gasteiger partial charge in [0.1, 0.15) is 24.6 Å². The number of aliphatic imine (C=N–C) groups is 2. The van der Waals surface area contributed by atoms with Gasteiger partial charge >= 0.3 is 0 Å². The van der Waals surface area contributed by atoms with E-state index in [1.54, 1.807) is 6.20 Å².